The first-order chi connectivity index (χ1) is 8.88. The van der Waals surface area contributed by atoms with E-state index in [1.807, 2.05) is 10.7 Å². The molecule has 19 heavy (non-hydrogen) atoms. The predicted octanol–water partition coefficient (Wildman–Crippen LogP) is 1.24. The van der Waals surface area contributed by atoms with Crippen LogP contribution in [-0.4, -0.2) is 38.8 Å². The fraction of sp³-hybridized carbons (Fsp3) is 0.571. The van der Waals surface area contributed by atoms with Gasteiger partial charge >= 0.3 is 0 Å². The summed E-state index contributed by atoms with van der Waals surface area (Å²) < 4.78 is 1.90. The number of hydrogen-bond donors (Lipinski definition) is 1. The minimum Gasteiger partial charge on any atom is -0.394 e. The molecule has 0 saturated carbocycles. The summed E-state index contributed by atoms with van der Waals surface area (Å²) in [5.41, 5.74) is 1.83. The fourth-order valence-electron chi connectivity index (χ4n) is 2.34. The summed E-state index contributed by atoms with van der Waals surface area (Å²) in [5, 5.41) is 14.2. The Morgan fingerprint density at radius 3 is 2.79 bits per heavy atom. The second kappa shape index (κ2) is 4.81. The van der Waals surface area contributed by atoms with Crippen LogP contribution in [0.2, 0.25) is 0 Å². The van der Waals surface area contributed by atoms with Crippen LogP contribution in [0.3, 0.4) is 0 Å². The van der Waals surface area contributed by atoms with Gasteiger partial charge in [-0.2, -0.15) is 5.10 Å². The average molecular weight is 263 g/mol. The molecule has 104 valence electrons. The second-order valence-electron chi connectivity index (χ2n) is 5.86. The number of carbonyl (C=O) groups is 1. The van der Waals surface area contributed by atoms with E-state index in [2.05, 4.69) is 32.4 Å². The number of carbonyl (C=O) groups excluding carboxylic acids is 1. The number of nitrogens with zero attached hydrogens (tertiary/aromatic N) is 3. The molecule has 1 unspecified atom stereocenters. The second-order valence-corrected chi connectivity index (χ2v) is 5.86. The molecule has 0 radical (unpaired) electrons. The van der Waals surface area contributed by atoms with Gasteiger partial charge in [0, 0.05) is 12.0 Å². The van der Waals surface area contributed by atoms with Crippen molar-refractivity contribution < 1.29 is 9.90 Å². The summed E-state index contributed by atoms with van der Waals surface area (Å²) in [6.07, 6.45) is 1.29. The molecule has 1 amide bonds. The Bertz CT molecular complexity index is 499. The summed E-state index contributed by atoms with van der Waals surface area (Å²) in [5.74, 6) is -0.149. The highest BCUT2D eigenvalue weighted by molar-refractivity contribution is 5.87. The van der Waals surface area contributed by atoms with Crippen molar-refractivity contribution in [3.63, 3.8) is 0 Å². The van der Waals surface area contributed by atoms with Crippen molar-refractivity contribution in [2.45, 2.75) is 38.8 Å². The normalized spacial score (nSPS) is 19.2. The van der Waals surface area contributed by atoms with Gasteiger partial charge in [0.1, 0.15) is 0 Å². The van der Waals surface area contributed by atoms with Crippen molar-refractivity contribution in [2.24, 2.45) is 0 Å². The third kappa shape index (κ3) is 2.42. The van der Waals surface area contributed by atoms with Crippen LogP contribution in [0.4, 0.5) is 0 Å². The summed E-state index contributed by atoms with van der Waals surface area (Å²) in [4.78, 5) is 13.5. The third-order valence-corrected chi connectivity index (χ3v) is 3.48. The lowest BCUT2D eigenvalue weighted by Gasteiger charge is -2.34. The highest BCUT2D eigenvalue weighted by Crippen LogP contribution is 2.30. The Kier molecular flexibility index (Phi) is 3.49. The van der Waals surface area contributed by atoms with Crippen molar-refractivity contribution in [2.75, 3.05) is 13.2 Å². The molecule has 5 heteroatoms. The van der Waals surface area contributed by atoms with Gasteiger partial charge in [0.05, 0.1) is 30.6 Å². The van der Waals surface area contributed by atoms with Crippen LogP contribution < -0.4 is 0 Å². The van der Waals surface area contributed by atoms with Gasteiger partial charge in [0.2, 0.25) is 5.91 Å². The molecule has 0 bridgehead atoms. The molecule has 0 aliphatic carbocycles. The topological polar surface area (TPSA) is 58.4 Å². The van der Waals surface area contributed by atoms with Crippen LogP contribution in [0.15, 0.2) is 18.7 Å². The maximum absolute atomic E-state index is 11.8. The van der Waals surface area contributed by atoms with E-state index >= 15 is 0 Å². The van der Waals surface area contributed by atoms with E-state index in [9.17, 15) is 9.90 Å². The molecule has 0 spiro atoms. The lowest BCUT2D eigenvalue weighted by atomic mass is 9.92. The summed E-state index contributed by atoms with van der Waals surface area (Å²) in [7, 11) is 0. The average Bonchev–Trinajstić information content (AvgIpc) is 2.80. The minimum atomic E-state index is -0.331. The van der Waals surface area contributed by atoms with Gasteiger partial charge in [-0.05, 0) is 12.1 Å². The summed E-state index contributed by atoms with van der Waals surface area (Å²) >= 11 is 0. The van der Waals surface area contributed by atoms with E-state index in [1.165, 1.54) is 6.08 Å². The monoisotopic (exact) mass is 263 g/mol. The Morgan fingerprint density at radius 1 is 1.58 bits per heavy atom. The zero-order valence-electron chi connectivity index (χ0n) is 11.8. The zero-order chi connectivity index (χ0) is 14.2. The molecule has 0 fully saturated rings. The number of rotatable bonds is 2. The molecule has 1 atom stereocenters. The largest absolute Gasteiger partial charge is 0.394 e. The maximum Gasteiger partial charge on any atom is 0.246 e. The number of hydrogen-bond acceptors (Lipinski definition) is 3. The Morgan fingerprint density at radius 2 is 2.26 bits per heavy atom. The minimum absolute atomic E-state index is 0.0440. The van der Waals surface area contributed by atoms with E-state index < -0.39 is 0 Å². The molecule has 1 aromatic heterocycles. The van der Waals surface area contributed by atoms with Crippen LogP contribution in [0, 0.1) is 0 Å². The number of aliphatic hydroxyl groups excluding tert-OH is 1. The van der Waals surface area contributed by atoms with Crippen molar-refractivity contribution in [3.05, 3.63) is 30.1 Å². The van der Waals surface area contributed by atoms with Gasteiger partial charge in [0.15, 0.2) is 0 Å². The fourth-order valence-corrected chi connectivity index (χ4v) is 2.34. The van der Waals surface area contributed by atoms with Crippen LogP contribution >= 0.6 is 0 Å². The molecule has 0 aromatic carbocycles. The van der Waals surface area contributed by atoms with Crippen LogP contribution in [0.1, 0.15) is 38.2 Å². The number of aliphatic hydroxyl groups is 1. The van der Waals surface area contributed by atoms with Gasteiger partial charge in [0.25, 0.3) is 0 Å². The van der Waals surface area contributed by atoms with E-state index in [4.69, 9.17) is 0 Å². The molecule has 1 N–H and O–H groups in total. The van der Waals surface area contributed by atoms with E-state index in [1.54, 1.807) is 4.90 Å². The first-order valence-electron chi connectivity index (χ1n) is 6.50. The summed E-state index contributed by atoms with van der Waals surface area (Å²) in [6.45, 7) is 10.9. The van der Waals surface area contributed by atoms with Gasteiger partial charge < -0.3 is 10.0 Å². The lowest BCUT2D eigenvalue weighted by Crippen LogP contribution is -2.42. The zero-order valence-corrected chi connectivity index (χ0v) is 11.8. The molecule has 2 heterocycles. The number of amides is 1. The SMILES string of the molecule is C=CC(=O)N1CCn2nc(C(C)(C)C)cc2C1CO. The van der Waals surface area contributed by atoms with Gasteiger partial charge in [-0.15, -0.1) is 0 Å². The molecule has 1 aromatic rings. The molecular formula is C14H21N3O2. The molecule has 2 rings (SSSR count). The van der Waals surface area contributed by atoms with E-state index in [0.717, 1.165) is 11.4 Å². The first kappa shape index (κ1) is 13.8. The Hall–Kier alpha value is -1.62. The van der Waals surface area contributed by atoms with E-state index in [0.29, 0.717) is 13.1 Å². The van der Waals surface area contributed by atoms with E-state index in [-0.39, 0.29) is 24.0 Å². The van der Waals surface area contributed by atoms with Crippen LogP contribution in [0.5, 0.6) is 0 Å². The number of fused-ring (bicyclic) bond motifs is 1. The highest BCUT2D eigenvalue weighted by Gasteiger charge is 2.32. The van der Waals surface area contributed by atoms with Gasteiger partial charge in [-0.1, -0.05) is 27.4 Å². The Balaban J connectivity index is 2.40. The smallest absolute Gasteiger partial charge is 0.246 e. The van der Waals surface area contributed by atoms with Gasteiger partial charge in [-0.3, -0.25) is 9.48 Å². The van der Waals surface area contributed by atoms with Crippen LogP contribution in [0.25, 0.3) is 0 Å². The molecule has 1 aliphatic rings. The standard InChI is InChI=1S/C14H21N3O2/c1-5-13(19)16-6-7-17-10(11(16)9-18)8-12(15-17)14(2,3)4/h5,8,11,18H,1,6-7,9H2,2-4H3. The maximum atomic E-state index is 11.8. The lowest BCUT2D eigenvalue weighted by molar-refractivity contribution is -0.130. The molecule has 5 nitrogen and oxygen atoms in total. The van der Waals surface area contributed by atoms with Crippen molar-refractivity contribution in [1.82, 2.24) is 14.7 Å². The van der Waals surface area contributed by atoms with Crippen molar-refractivity contribution >= 4 is 5.91 Å². The first-order valence-corrected chi connectivity index (χ1v) is 6.50. The molecule has 0 saturated heterocycles. The third-order valence-electron chi connectivity index (χ3n) is 3.48. The van der Waals surface area contributed by atoms with Crippen molar-refractivity contribution in [1.29, 1.82) is 0 Å². The predicted molar refractivity (Wildman–Crippen MR) is 72.7 cm³/mol. The highest BCUT2D eigenvalue weighted by atomic mass is 16.3. The van der Waals surface area contributed by atoms with Crippen molar-refractivity contribution in [3.8, 4) is 0 Å². The van der Waals surface area contributed by atoms with Gasteiger partial charge in [-0.25, -0.2) is 0 Å². The quantitative estimate of drug-likeness (QED) is 0.817. The Labute approximate surface area is 113 Å². The van der Waals surface area contributed by atoms with Crippen LogP contribution in [-0.2, 0) is 16.8 Å². The molecule has 1 aliphatic heterocycles. The molecular weight excluding hydrogens is 242 g/mol. The summed E-state index contributed by atoms with van der Waals surface area (Å²) in [6, 6.07) is 1.66. The number of aromatic nitrogens is 2.